The Labute approximate surface area is 176 Å². The summed E-state index contributed by atoms with van der Waals surface area (Å²) < 4.78 is 5.62. The number of ether oxygens (including phenoxy) is 1. The van der Waals surface area contributed by atoms with Crippen molar-refractivity contribution in [2.24, 2.45) is 5.92 Å². The topological polar surface area (TPSA) is 58.6 Å². The molecule has 1 atom stereocenters. The van der Waals surface area contributed by atoms with Crippen LogP contribution in [0.2, 0.25) is 0 Å². The Bertz CT molecular complexity index is 1010. The summed E-state index contributed by atoms with van der Waals surface area (Å²) in [5, 5.41) is 4.95. The van der Waals surface area contributed by atoms with Gasteiger partial charge in [0.15, 0.2) is 0 Å². The molecule has 1 aliphatic rings. The van der Waals surface area contributed by atoms with E-state index in [2.05, 4.69) is 5.32 Å². The number of piperidine rings is 1. The lowest BCUT2D eigenvalue weighted by Gasteiger charge is -2.32. The van der Waals surface area contributed by atoms with E-state index in [1.165, 1.54) is 0 Å². The van der Waals surface area contributed by atoms with E-state index in [-0.39, 0.29) is 17.7 Å². The van der Waals surface area contributed by atoms with Gasteiger partial charge in [0.25, 0.3) is 5.91 Å². The van der Waals surface area contributed by atoms with Crippen molar-refractivity contribution in [1.29, 1.82) is 0 Å². The molecule has 0 spiro atoms. The summed E-state index contributed by atoms with van der Waals surface area (Å²) in [6, 6.07) is 23.2. The molecule has 3 aromatic rings. The van der Waals surface area contributed by atoms with Gasteiger partial charge in [-0.2, -0.15) is 0 Å². The van der Waals surface area contributed by atoms with Crippen molar-refractivity contribution in [2.45, 2.75) is 12.8 Å². The zero-order valence-corrected chi connectivity index (χ0v) is 16.9. The number of carbonyl (C=O) groups excluding carboxylic acids is 2. The first-order chi connectivity index (χ1) is 14.7. The van der Waals surface area contributed by atoms with E-state index in [9.17, 15) is 9.59 Å². The number of nitrogens with zero attached hydrogens (tertiary/aromatic N) is 1. The van der Waals surface area contributed by atoms with Gasteiger partial charge in [0.2, 0.25) is 5.91 Å². The molecule has 0 radical (unpaired) electrons. The monoisotopic (exact) mass is 402 g/mol. The zero-order valence-electron chi connectivity index (χ0n) is 16.9. The van der Waals surface area contributed by atoms with Crippen molar-refractivity contribution in [1.82, 2.24) is 10.2 Å². The molecule has 30 heavy (non-hydrogen) atoms. The Morgan fingerprint density at radius 1 is 0.967 bits per heavy atom. The molecule has 4 rings (SSSR count). The third-order valence-corrected chi connectivity index (χ3v) is 5.51. The smallest absolute Gasteiger partial charge is 0.254 e. The minimum atomic E-state index is -0.186. The molecule has 154 valence electrons. The third-order valence-electron chi connectivity index (χ3n) is 5.51. The maximum Gasteiger partial charge on any atom is 0.254 e. The molecule has 1 fully saturated rings. The Morgan fingerprint density at radius 2 is 1.73 bits per heavy atom. The van der Waals surface area contributed by atoms with Crippen LogP contribution < -0.4 is 10.1 Å². The van der Waals surface area contributed by atoms with Crippen molar-refractivity contribution >= 4 is 22.6 Å². The molecule has 0 aliphatic carbocycles. The van der Waals surface area contributed by atoms with Gasteiger partial charge < -0.3 is 15.0 Å². The number of benzene rings is 3. The number of para-hydroxylation sites is 1. The molecule has 1 aliphatic heterocycles. The number of hydrogen-bond donors (Lipinski definition) is 1. The second kappa shape index (κ2) is 9.44. The van der Waals surface area contributed by atoms with Crippen molar-refractivity contribution in [2.75, 3.05) is 26.2 Å². The molecular weight excluding hydrogens is 376 g/mol. The van der Waals surface area contributed by atoms with Crippen molar-refractivity contribution in [3.8, 4) is 5.75 Å². The fourth-order valence-electron chi connectivity index (χ4n) is 3.96. The van der Waals surface area contributed by atoms with Crippen LogP contribution in [0.25, 0.3) is 10.8 Å². The molecule has 3 aromatic carbocycles. The van der Waals surface area contributed by atoms with E-state index in [1.54, 1.807) is 0 Å². The summed E-state index contributed by atoms with van der Waals surface area (Å²) >= 11 is 0. The Morgan fingerprint density at radius 3 is 2.60 bits per heavy atom. The molecule has 0 aromatic heterocycles. The first-order valence-corrected chi connectivity index (χ1v) is 10.4. The minimum Gasteiger partial charge on any atom is -0.492 e. The van der Waals surface area contributed by atoms with Gasteiger partial charge in [-0.3, -0.25) is 9.59 Å². The number of carbonyl (C=O) groups is 2. The summed E-state index contributed by atoms with van der Waals surface area (Å²) in [6.07, 6.45) is 1.62. The highest BCUT2D eigenvalue weighted by Gasteiger charge is 2.29. The van der Waals surface area contributed by atoms with Crippen LogP contribution in [0.4, 0.5) is 0 Å². The van der Waals surface area contributed by atoms with Crippen LogP contribution in [0.5, 0.6) is 5.75 Å². The average molecular weight is 402 g/mol. The standard InChI is InChI=1S/C25H26N2O3/c28-24(26-15-17-30-21-11-2-1-3-12-21)20-10-7-16-27(18-20)25(29)23-14-6-9-19-8-4-5-13-22(19)23/h1-6,8-9,11-14,20H,7,10,15-18H2,(H,26,28). The number of fused-ring (bicyclic) bond motifs is 1. The lowest BCUT2D eigenvalue weighted by Crippen LogP contribution is -2.46. The second-order valence-electron chi connectivity index (χ2n) is 7.57. The van der Waals surface area contributed by atoms with Crippen LogP contribution in [0.15, 0.2) is 72.8 Å². The van der Waals surface area contributed by atoms with E-state index >= 15 is 0 Å². The maximum absolute atomic E-state index is 13.2. The second-order valence-corrected chi connectivity index (χ2v) is 7.57. The predicted molar refractivity (Wildman–Crippen MR) is 118 cm³/mol. The highest BCUT2D eigenvalue weighted by molar-refractivity contribution is 6.07. The highest BCUT2D eigenvalue weighted by Crippen LogP contribution is 2.23. The molecule has 1 N–H and O–H groups in total. The number of hydrogen-bond acceptors (Lipinski definition) is 3. The molecule has 5 nitrogen and oxygen atoms in total. The maximum atomic E-state index is 13.2. The Kier molecular flexibility index (Phi) is 6.28. The van der Waals surface area contributed by atoms with Gasteiger partial charge in [0.05, 0.1) is 12.5 Å². The molecule has 1 saturated heterocycles. The SMILES string of the molecule is O=C(NCCOc1ccccc1)C1CCCN(C(=O)c2cccc3ccccc23)C1. The van der Waals surface area contributed by atoms with Crippen LogP contribution in [-0.2, 0) is 4.79 Å². The van der Waals surface area contributed by atoms with E-state index < -0.39 is 0 Å². The molecule has 2 amide bonds. The summed E-state index contributed by atoms with van der Waals surface area (Å²) in [4.78, 5) is 27.6. The number of nitrogens with one attached hydrogen (secondary N) is 1. The van der Waals surface area contributed by atoms with E-state index in [1.807, 2.05) is 77.7 Å². The van der Waals surface area contributed by atoms with Crippen LogP contribution in [0, 0.1) is 5.92 Å². The number of likely N-dealkylation sites (tertiary alicyclic amines) is 1. The highest BCUT2D eigenvalue weighted by atomic mass is 16.5. The Balaban J connectivity index is 1.33. The molecule has 1 heterocycles. The van der Waals surface area contributed by atoms with Gasteiger partial charge in [-0.1, -0.05) is 54.6 Å². The first kappa shape index (κ1) is 20.0. The normalized spacial score (nSPS) is 16.3. The lowest BCUT2D eigenvalue weighted by atomic mass is 9.95. The average Bonchev–Trinajstić information content (AvgIpc) is 2.81. The minimum absolute atomic E-state index is 0.00305. The molecule has 0 saturated carbocycles. The van der Waals surface area contributed by atoms with Crippen LogP contribution >= 0.6 is 0 Å². The summed E-state index contributed by atoms with van der Waals surface area (Å²) in [5.74, 6) is 0.587. The molecular formula is C25H26N2O3. The lowest BCUT2D eigenvalue weighted by molar-refractivity contribution is -0.126. The summed E-state index contributed by atoms with van der Waals surface area (Å²) in [6.45, 7) is 2.00. The predicted octanol–water partition coefficient (Wildman–Crippen LogP) is 3.89. The van der Waals surface area contributed by atoms with E-state index in [0.717, 1.165) is 29.4 Å². The number of rotatable bonds is 6. The fourth-order valence-corrected chi connectivity index (χ4v) is 3.96. The number of amides is 2. The van der Waals surface area contributed by atoms with Crippen LogP contribution in [-0.4, -0.2) is 43.0 Å². The van der Waals surface area contributed by atoms with Gasteiger partial charge in [0.1, 0.15) is 12.4 Å². The van der Waals surface area contributed by atoms with Gasteiger partial charge >= 0.3 is 0 Å². The largest absolute Gasteiger partial charge is 0.492 e. The van der Waals surface area contributed by atoms with Crippen molar-refractivity contribution in [3.05, 3.63) is 78.4 Å². The van der Waals surface area contributed by atoms with Gasteiger partial charge in [0, 0.05) is 18.7 Å². The molecule has 0 bridgehead atoms. The molecule has 5 heteroatoms. The van der Waals surface area contributed by atoms with Gasteiger partial charge in [-0.15, -0.1) is 0 Å². The van der Waals surface area contributed by atoms with Gasteiger partial charge in [-0.05, 0) is 41.8 Å². The van der Waals surface area contributed by atoms with E-state index in [0.29, 0.717) is 31.8 Å². The fraction of sp³-hybridized carbons (Fsp3) is 0.280. The summed E-state index contributed by atoms with van der Waals surface area (Å²) in [5.41, 5.74) is 0.699. The summed E-state index contributed by atoms with van der Waals surface area (Å²) in [7, 11) is 0. The van der Waals surface area contributed by atoms with Gasteiger partial charge in [-0.25, -0.2) is 0 Å². The quantitative estimate of drug-likeness (QED) is 0.637. The zero-order chi connectivity index (χ0) is 20.8. The van der Waals surface area contributed by atoms with Crippen LogP contribution in [0.3, 0.4) is 0 Å². The van der Waals surface area contributed by atoms with Crippen molar-refractivity contribution < 1.29 is 14.3 Å². The Hall–Kier alpha value is -3.34. The molecule has 1 unspecified atom stereocenters. The van der Waals surface area contributed by atoms with Crippen molar-refractivity contribution in [3.63, 3.8) is 0 Å². The third kappa shape index (κ3) is 4.62. The van der Waals surface area contributed by atoms with Crippen LogP contribution in [0.1, 0.15) is 23.2 Å². The van der Waals surface area contributed by atoms with E-state index in [4.69, 9.17) is 4.74 Å². The first-order valence-electron chi connectivity index (χ1n) is 10.4.